The lowest BCUT2D eigenvalue weighted by Gasteiger charge is -2.14. The minimum atomic E-state index is 0.487. The Morgan fingerprint density at radius 2 is 1.32 bits per heavy atom. The first-order valence-corrected chi connectivity index (χ1v) is 7.07. The van der Waals surface area contributed by atoms with E-state index in [1.165, 1.54) is 0 Å². The third kappa shape index (κ3) is 2.66. The number of benzene rings is 2. The van der Waals surface area contributed by atoms with Crippen molar-refractivity contribution < 1.29 is 9.47 Å². The van der Waals surface area contributed by atoms with Crippen LogP contribution in [-0.2, 0) is 0 Å². The summed E-state index contributed by atoms with van der Waals surface area (Å²) in [7, 11) is 3.22. The van der Waals surface area contributed by atoms with Crippen LogP contribution in [0.3, 0.4) is 0 Å². The van der Waals surface area contributed by atoms with Gasteiger partial charge >= 0.3 is 0 Å². The zero-order valence-electron chi connectivity index (χ0n) is 12.6. The van der Waals surface area contributed by atoms with E-state index in [4.69, 9.17) is 9.47 Å². The Morgan fingerprint density at radius 1 is 0.727 bits per heavy atom. The molecule has 0 spiro atoms. The minimum Gasteiger partial charge on any atom is -0.491 e. The van der Waals surface area contributed by atoms with E-state index in [0.717, 1.165) is 22.4 Å². The Labute approximate surface area is 130 Å². The normalized spacial score (nSPS) is 10.3. The zero-order chi connectivity index (χ0) is 15.4. The van der Waals surface area contributed by atoms with E-state index in [1.807, 2.05) is 54.6 Å². The van der Waals surface area contributed by atoms with E-state index in [1.54, 1.807) is 14.2 Å². The molecular formula is C19H17NO2. The first-order chi connectivity index (χ1) is 10.8. The van der Waals surface area contributed by atoms with Crippen LogP contribution in [-0.4, -0.2) is 19.2 Å². The number of hydrogen-bond donors (Lipinski definition) is 0. The molecule has 3 heteroatoms. The molecule has 0 aliphatic rings. The fourth-order valence-electron chi connectivity index (χ4n) is 2.42. The summed E-state index contributed by atoms with van der Waals surface area (Å²) in [5, 5.41) is 0. The zero-order valence-corrected chi connectivity index (χ0v) is 12.6. The molecule has 0 amide bonds. The predicted molar refractivity (Wildman–Crippen MR) is 88.2 cm³/mol. The average molecular weight is 291 g/mol. The second kappa shape index (κ2) is 6.31. The SMILES string of the molecule is COc1cc(-c2ccccc2)c(-c2ccccc2)nc1OC. The highest BCUT2D eigenvalue weighted by Gasteiger charge is 2.15. The van der Waals surface area contributed by atoms with Crippen LogP contribution >= 0.6 is 0 Å². The monoisotopic (exact) mass is 291 g/mol. The number of rotatable bonds is 4. The molecule has 0 saturated heterocycles. The molecule has 0 N–H and O–H groups in total. The highest BCUT2D eigenvalue weighted by atomic mass is 16.5. The van der Waals surface area contributed by atoms with Crippen LogP contribution in [0.1, 0.15) is 0 Å². The van der Waals surface area contributed by atoms with Crippen molar-refractivity contribution in [3.8, 4) is 34.0 Å². The summed E-state index contributed by atoms with van der Waals surface area (Å²) in [6, 6.07) is 22.2. The summed E-state index contributed by atoms with van der Waals surface area (Å²) in [6.45, 7) is 0. The quantitative estimate of drug-likeness (QED) is 0.712. The number of hydrogen-bond acceptors (Lipinski definition) is 3. The van der Waals surface area contributed by atoms with Gasteiger partial charge in [0, 0.05) is 11.1 Å². The maximum absolute atomic E-state index is 5.40. The van der Waals surface area contributed by atoms with Gasteiger partial charge in [0.15, 0.2) is 5.75 Å². The molecule has 0 saturated carbocycles. The smallest absolute Gasteiger partial charge is 0.257 e. The Hall–Kier alpha value is -2.81. The molecule has 3 aromatic rings. The fourth-order valence-corrected chi connectivity index (χ4v) is 2.42. The molecule has 3 nitrogen and oxygen atoms in total. The predicted octanol–water partition coefficient (Wildman–Crippen LogP) is 4.43. The molecule has 0 aliphatic heterocycles. The highest BCUT2D eigenvalue weighted by Crippen LogP contribution is 2.37. The van der Waals surface area contributed by atoms with Crippen LogP contribution < -0.4 is 9.47 Å². The van der Waals surface area contributed by atoms with E-state index >= 15 is 0 Å². The molecule has 1 heterocycles. The highest BCUT2D eigenvalue weighted by molar-refractivity contribution is 5.82. The third-order valence-corrected chi connectivity index (χ3v) is 3.50. The number of methoxy groups -OCH3 is 2. The van der Waals surface area contributed by atoms with Crippen molar-refractivity contribution in [2.45, 2.75) is 0 Å². The lowest BCUT2D eigenvalue weighted by molar-refractivity contribution is 0.343. The fraction of sp³-hybridized carbons (Fsp3) is 0.105. The molecule has 0 fully saturated rings. The Morgan fingerprint density at radius 3 is 1.86 bits per heavy atom. The van der Waals surface area contributed by atoms with Gasteiger partial charge in [-0.25, -0.2) is 4.98 Å². The number of aromatic nitrogens is 1. The standard InChI is InChI=1S/C19H17NO2/c1-21-17-13-16(14-9-5-3-6-10-14)18(20-19(17)22-2)15-11-7-4-8-12-15/h3-13H,1-2H3. The Kier molecular flexibility index (Phi) is 4.05. The van der Waals surface area contributed by atoms with Crippen LogP contribution in [0.2, 0.25) is 0 Å². The van der Waals surface area contributed by atoms with Crippen molar-refractivity contribution in [1.29, 1.82) is 0 Å². The van der Waals surface area contributed by atoms with Gasteiger partial charge in [0.25, 0.3) is 5.88 Å². The topological polar surface area (TPSA) is 31.4 Å². The second-order valence-electron chi connectivity index (χ2n) is 4.83. The van der Waals surface area contributed by atoms with E-state index < -0.39 is 0 Å². The van der Waals surface area contributed by atoms with Gasteiger partial charge in [-0.1, -0.05) is 60.7 Å². The summed E-state index contributed by atoms with van der Waals surface area (Å²) in [5.41, 5.74) is 4.03. The maximum atomic E-state index is 5.40. The maximum Gasteiger partial charge on any atom is 0.257 e. The van der Waals surface area contributed by atoms with Gasteiger partial charge in [-0.15, -0.1) is 0 Å². The Balaban J connectivity index is 2.26. The molecule has 0 atom stereocenters. The molecule has 3 rings (SSSR count). The molecule has 22 heavy (non-hydrogen) atoms. The molecule has 0 radical (unpaired) electrons. The van der Waals surface area contributed by atoms with Crippen molar-refractivity contribution in [3.05, 3.63) is 66.7 Å². The molecule has 0 unspecified atom stereocenters. The van der Waals surface area contributed by atoms with Crippen molar-refractivity contribution in [1.82, 2.24) is 4.98 Å². The van der Waals surface area contributed by atoms with Crippen molar-refractivity contribution >= 4 is 0 Å². The molecule has 1 aromatic heterocycles. The second-order valence-corrected chi connectivity index (χ2v) is 4.83. The van der Waals surface area contributed by atoms with Gasteiger partial charge in [0.1, 0.15) is 0 Å². The summed E-state index contributed by atoms with van der Waals surface area (Å²) in [6.07, 6.45) is 0. The van der Waals surface area contributed by atoms with E-state index in [9.17, 15) is 0 Å². The molecular weight excluding hydrogens is 274 g/mol. The first kappa shape index (κ1) is 14.1. The van der Waals surface area contributed by atoms with Gasteiger partial charge in [-0.2, -0.15) is 0 Å². The van der Waals surface area contributed by atoms with Gasteiger partial charge in [-0.05, 0) is 11.6 Å². The lowest BCUT2D eigenvalue weighted by atomic mass is 9.99. The van der Waals surface area contributed by atoms with Crippen molar-refractivity contribution in [3.63, 3.8) is 0 Å². The summed E-state index contributed by atoms with van der Waals surface area (Å²) >= 11 is 0. The van der Waals surface area contributed by atoms with E-state index in [-0.39, 0.29) is 0 Å². The molecule has 0 bridgehead atoms. The van der Waals surface area contributed by atoms with E-state index in [0.29, 0.717) is 11.6 Å². The van der Waals surface area contributed by atoms with Gasteiger partial charge < -0.3 is 9.47 Å². The third-order valence-electron chi connectivity index (χ3n) is 3.50. The van der Waals surface area contributed by atoms with Crippen LogP contribution in [0.15, 0.2) is 66.7 Å². The van der Waals surface area contributed by atoms with E-state index in [2.05, 4.69) is 17.1 Å². The lowest BCUT2D eigenvalue weighted by Crippen LogP contribution is -1.98. The number of ether oxygens (including phenoxy) is 2. The summed E-state index contributed by atoms with van der Waals surface area (Å²) in [4.78, 5) is 4.66. The van der Waals surface area contributed by atoms with Crippen LogP contribution in [0.25, 0.3) is 22.4 Å². The van der Waals surface area contributed by atoms with Crippen molar-refractivity contribution in [2.75, 3.05) is 14.2 Å². The van der Waals surface area contributed by atoms with Gasteiger partial charge in [-0.3, -0.25) is 0 Å². The van der Waals surface area contributed by atoms with Crippen LogP contribution in [0.4, 0.5) is 0 Å². The number of pyridine rings is 1. The minimum absolute atomic E-state index is 0.487. The molecule has 2 aromatic carbocycles. The molecule has 0 aliphatic carbocycles. The summed E-state index contributed by atoms with van der Waals surface area (Å²) in [5.74, 6) is 1.11. The summed E-state index contributed by atoms with van der Waals surface area (Å²) < 4.78 is 10.8. The van der Waals surface area contributed by atoms with Gasteiger partial charge in [0.05, 0.1) is 19.9 Å². The van der Waals surface area contributed by atoms with Crippen LogP contribution in [0, 0.1) is 0 Å². The van der Waals surface area contributed by atoms with Gasteiger partial charge in [0.2, 0.25) is 0 Å². The Bertz CT molecular complexity index is 689. The largest absolute Gasteiger partial charge is 0.491 e. The van der Waals surface area contributed by atoms with Crippen LogP contribution in [0.5, 0.6) is 11.6 Å². The van der Waals surface area contributed by atoms with Crippen molar-refractivity contribution in [2.24, 2.45) is 0 Å². The average Bonchev–Trinajstić information content (AvgIpc) is 2.62. The molecule has 110 valence electrons. The first-order valence-electron chi connectivity index (χ1n) is 7.07. The number of nitrogens with zero attached hydrogens (tertiary/aromatic N) is 1.